The predicted octanol–water partition coefficient (Wildman–Crippen LogP) is 1.41. The topological polar surface area (TPSA) is 75.7 Å². The van der Waals surface area contributed by atoms with E-state index in [1.807, 2.05) is 0 Å². The Morgan fingerprint density at radius 2 is 1.92 bits per heavy atom. The van der Waals surface area contributed by atoms with Gasteiger partial charge in [-0.2, -0.15) is 0 Å². The zero-order valence-corrected chi connectivity index (χ0v) is 14.8. The highest BCUT2D eigenvalue weighted by molar-refractivity contribution is 5.93. The minimum Gasteiger partial charge on any atom is -0.467 e. The number of benzene rings is 1. The van der Waals surface area contributed by atoms with Gasteiger partial charge in [-0.15, -0.1) is 0 Å². The van der Waals surface area contributed by atoms with Crippen molar-refractivity contribution in [3.05, 3.63) is 35.4 Å². The van der Waals surface area contributed by atoms with Crippen LogP contribution in [0.3, 0.4) is 0 Å². The lowest BCUT2D eigenvalue weighted by atomic mass is 9.99. The number of carbonyl (C=O) groups is 3. The van der Waals surface area contributed by atoms with Crippen molar-refractivity contribution in [2.45, 2.75) is 38.1 Å². The second-order valence-electron chi connectivity index (χ2n) is 7.08. The summed E-state index contributed by atoms with van der Waals surface area (Å²) in [5.74, 6) is -0.402. The molecule has 1 saturated carbocycles. The Balaban J connectivity index is 1.70. The number of piperazine rings is 1. The molecule has 1 aliphatic heterocycles. The molecule has 1 saturated heterocycles. The quantitative estimate of drug-likeness (QED) is 0.838. The fourth-order valence-corrected chi connectivity index (χ4v) is 3.40. The number of nitrogens with zero attached hydrogens (tertiary/aromatic N) is 1. The van der Waals surface area contributed by atoms with E-state index in [0.717, 1.165) is 12.0 Å². The molecule has 1 heterocycles. The maximum Gasteiger partial charge on any atom is 0.330 e. The van der Waals surface area contributed by atoms with E-state index < -0.39 is 12.0 Å². The normalized spacial score (nSPS) is 25.5. The van der Waals surface area contributed by atoms with Crippen LogP contribution in [0.5, 0.6) is 0 Å². The first-order valence-electron chi connectivity index (χ1n) is 8.67. The third kappa shape index (κ3) is 3.52. The van der Waals surface area contributed by atoms with Crippen LogP contribution in [0.15, 0.2) is 24.3 Å². The molecule has 1 N–H and O–H groups in total. The standard InChI is InChI=1S/C19H24N2O4/c1-11(2)12-4-6-13(7-5-12)14-8-15(14)18(23)21-10-17(22)20-9-16(21)19(24)25-3/h4-7,11,14-16H,8-10H2,1-3H3,(H,20,22)/t14-,15-,16+/m1/s1. The van der Waals surface area contributed by atoms with Gasteiger partial charge in [0.25, 0.3) is 0 Å². The van der Waals surface area contributed by atoms with E-state index in [-0.39, 0.29) is 36.7 Å². The van der Waals surface area contributed by atoms with Crippen molar-refractivity contribution < 1.29 is 19.1 Å². The average molecular weight is 344 g/mol. The zero-order valence-electron chi connectivity index (χ0n) is 14.8. The van der Waals surface area contributed by atoms with Crippen molar-refractivity contribution in [3.8, 4) is 0 Å². The summed E-state index contributed by atoms with van der Waals surface area (Å²) in [5.41, 5.74) is 2.41. The highest BCUT2D eigenvalue weighted by Gasteiger charge is 2.49. The number of methoxy groups -OCH3 is 1. The highest BCUT2D eigenvalue weighted by Crippen LogP contribution is 2.48. The van der Waals surface area contributed by atoms with E-state index >= 15 is 0 Å². The molecule has 1 aromatic carbocycles. The second-order valence-corrected chi connectivity index (χ2v) is 7.08. The summed E-state index contributed by atoms with van der Waals surface area (Å²) in [6.45, 7) is 4.31. The molecule has 2 fully saturated rings. The molecule has 0 unspecified atom stereocenters. The van der Waals surface area contributed by atoms with E-state index in [2.05, 4.69) is 43.4 Å². The van der Waals surface area contributed by atoms with Crippen LogP contribution in [0.1, 0.15) is 43.2 Å². The van der Waals surface area contributed by atoms with E-state index in [0.29, 0.717) is 5.92 Å². The van der Waals surface area contributed by atoms with Crippen molar-refractivity contribution >= 4 is 17.8 Å². The fourth-order valence-electron chi connectivity index (χ4n) is 3.40. The van der Waals surface area contributed by atoms with Gasteiger partial charge >= 0.3 is 5.97 Å². The maximum absolute atomic E-state index is 12.8. The van der Waals surface area contributed by atoms with Gasteiger partial charge in [-0.3, -0.25) is 9.59 Å². The van der Waals surface area contributed by atoms with Gasteiger partial charge in [-0.25, -0.2) is 4.79 Å². The monoisotopic (exact) mass is 344 g/mol. The van der Waals surface area contributed by atoms with Crippen LogP contribution in [0.4, 0.5) is 0 Å². The molecule has 1 aromatic rings. The Morgan fingerprint density at radius 1 is 1.24 bits per heavy atom. The summed E-state index contributed by atoms with van der Waals surface area (Å²) < 4.78 is 4.77. The number of ether oxygens (including phenoxy) is 1. The third-order valence-corrected chi connectivity index (χ3v) is 5.08. The minimum absolute atomic E-state index is 0.0892. The molecule has 25 heavy (non-hydrogen) atoms. The molecular weight excluding hydrogens is 320 g/mol. The number of esters is 1. The lowest BCUT2D eigenvalue weighted by Crippen LogP contribution is -2.60. The van der Waals surface area contributed by atoms with Crippen LogP contribution < -0.4 is 5.32 Å². The fraction of sp³-hybridized carbons (Fsp3) is 0.526. The molecule has 0 radical (unpaired) electrons. The van der Waals surface area contributed by atoms with Gasteiger partial charge in [-0.05, 0) is 29.4 Å². The first kappa shape index (κ1) is 17.5. The maximum atomic E-state index is 12.8. The van der Waals surface area contributed by atoms with Crippen LogP contribution in [-0.2, 0) is 19.1 Å². The molecule has 6 nitrogen and oxygen atoms in total. The van der Waals surface area contributed by atoms with E-state index in [9.17, 15) is 14.4 Å². The lowest BCUT2D eigenvalue weighted by Gasteiger charge is -2.33. The van der Waals surface area contributed by atoms with Crippen molar-refractivity contribution in [2.75, 3.05) is 20.2 Å². The van der Waals surface area contributed by atoms with Crippen molar-refractivity contribution in [1.82, 2.24) is 10.2 Å². The summed E-state index contributed by atoms with van der Waals surface area (Å²) >= 11 is 0. The van der Waals surface area contributed by atoms with Crippen LogP contribution >= 0.6 is 0 Å². The number of carbonyl (C=O) groups excluding carboxylic acids is 3. The molecule has 2 aliphatic rings. The van der Waals surface area contributed by atoms with Gasteiger partial charge in [0.1, 0.15) is 12.6 Å². The average Bonchev–Trinajstić information content (AvgIpc) is 3.41. The van der Waals surface area contributed by atoms with Crippen molar-refractivity contribution in [1.29, 1.82) is 0 Å². The predicted molar refractivity (Wildman–Crippen MR) is 91.9 cm³/mol. The Kier molecular flexibility index (Phi) is 4.79. The molecule has 134 valence electrons. The summed E-state index contributed by atoms with van der Waals surface area (Å²) in [4.78, 5) is 37.8. The molecule has 0 spiro atoms. The van der Waals surface area contributed by atoms with Gasteiger partial charge in [-0.1, -0.05) is 38.1 Å². The van der Waals surface area contributed by atoms with E-state index in [4.69, 9.17) is 4.74 Å². The van der Waals surface area contributed by atoms with Crippen molar-refractivity contribution in [3.63, 3.8) is 0 Å². The minimum atomic E-state index is -0.736. The summed E-state index contributed by atoms with van der Waals surface area (Å²) in [7, 11) is 1.29. The molecule has 2 amide bonds. The second kappa shape index (κ2) is 6.86. The number of amides is 2. The Hall–Kier alpha value is -2.37. The lowest BCUT2D eigenvalue weighted by molar-refractivity contribution is -0.156. The molecule has 6 heteroatoms. The number of hydrogen-bond donors (Lipinski definition) is 1. The number of rotatable bonds is 4. The zero-order chi connectivity index (χ0) is 18.1. The third-order valence-electron chi connectivity index (χ3n) is 5.08. The van der Waals surface area contributed by atoms with Gasteiger partial charge in [0.2, 0.25) is 11.8 Å². The van der Waals surface area contributed by atoms with Crippen LogP contribution in [0.25, 0.3) is 0 Å². The number of nitrogens with one attached hydrogen (secondary N) is 1. The summed E-state index contributed by atoms with van der Waals surface area (Å²) in [5, 5.41) is 2.62. The highest BCUT2D eigenvalue weighted by atomic mass is 16.5. The molecule has 1 aliphatic carbocycles. The van der Waals surface area contributed by atoms with Gasteiger partial charge in [0.15, 0.2) is 0 Å². The molecule has 3 rings (SSSR count). The summed E-state index contributed by atoms with van der Waals surface area (Å²) in [6.07, 6.45) is 0.756. The van der Waals surface area contributed by atoms with Crippen LogP contribution in [-0.4, -0.2) is 48.9 Å². The summed E-state index contributed by atoms with van der Waals surface area (Å²) in [6, 6.07) is 7.62. The van der Waals surface area contributed by atoms with Crippen LogP contribution in [0.2, 0.25) is 0 Å². The van der Waals surface area contributed by atoms with Gasteiger partial charge in [0, 0.05) is 12.5 Å². The van der Waals surface area contributed by atoms with E-state index in [1.165, 1.54) is 17.6 Å². The molecular formula is C19H24N2O4. The smallest absolute Gasteiger partial charge is 0.330 e. The van der Waals surface area contributed by atoms with E-state index in [1.54, 1.807) is 0 Å². The Bertz CT molecular complexity index is 683. The molecule has 3 atom stereocenters. The first-order valence-corrected chi connectivity index (χ1v) is 8.67. The van der Waals surface area contributed by atoms with Gasteiger partial charge < -0.3 is 15.0 Å². The molecule has 0 bridgehead atoms. The Labute approximate surface area is 147 Å². The van der Waals surface area contributed by atoms with Crippen molar-refractivity contribution in [2.24, 2.45) is 5.92 Å². The SMILES string of the molecule is COC(=O)[C@@H]1CNC(=O)CN1C(=O)[C@@H]1C[C@@H]1c1ccc(C(C)C)cc1. The number of hydrogen-bond acceptors (Lipinski definition) is 4. The first-order chi connectivity index (χ1) is 11.9. The van der Waals surface area contributed by atoms with Crippen LogP contribution in [0, 0.1) is 5.92 Å². The Morgan fingerprint density at radius 3 is 2.52 bits per heavy atom. The largest absolute Gasteiger partial charge is 0.467 e. The van der Waals surface area contributed by atoms with Gasteiger partial charge in [0.05, 0.1) is 7.11 Å². The molecule has 0 aromatic heterocycles.